The number of hydrogen-bond donors (Lipinski definition) is 0. The van der Waals surface area contributed by atoms with E-state index >= 15 is 0 Å². The molecule has 0 aliphatic rings. The molecule has 0 spiro atoms. The molecule has 0 aliphatic heterocycles. The molecule has 0 aromatic heterocycles. The maximum Gasteiger partial charge on any atom is 0.636 e. The SMILES string of the molecule is CC[SiH](CC)O[Si](O[SiH](CC)CC)(O[SiH](CC)CC)O[SiH](CC)CC. The van der Waals surface area contributed by atoms with E-state index in [2.05, 4.69) is 55.4 Å². The van der Waals surface area contributed by atoms with Gasteiger partial charge in [-0.1, -0.05) is 55.4 Å². The highest BCUT2D eigenvalue weighted by atomic mass is 28.5. The summed E-state index contributed by atoms with van der Waals surface area (Å²) in [6, 6.07) is 9.01. The zero-order valence-corrected chi connectivity index (χ0v) is 23.7. The summed E-state index contributed by atoms with van der Waals surface area (Å²) >= 11 is 0. The Balaban J connectivity index is 5.69. The predicted molar refractivity (Wildman–Crippen MR) is 123 cm³/mol. The molecular weight excluding hydrogens is 397 g/mol. The summed E-state index contributed by atoms with van der Waals surface area (Å²) in [5.74, 6) is 0. The summed E-state index contributed by atoms with van der Waals surface area (Å²) in [6.07, 6.45) is 0. The molecule has 152 valence electrons. The third-order valence-corrected chi connectivity index (χ3v) is 22.1. The fourth-order valence-corrected chi connectivity index (χ4v) is 21.3. The van der Waals surface area contributed by atoms with Gasteiger partial charge in [-0.05, 0) is 48.4 Å². The van der Waals surface area contributed by atoms with Gasteiger partial charge < -0.3 is 16.5 Å². The van der Waals surface area contributed by atoms with Crippen LogP contribution in [-0.4, -0.2) is 45.2 Å². The van der Waals surface area contributed by atoms with Gasteiger partial charge in [0.2, 0.25) is 0 Å². The van der Waals surface area contributed by atoms with E-state index in [4.69, 9.17) is 16.5 Å². The molecule has 0 radical (unpaired) electrons. The molecule has 0 N–H and O–H groups in total. The van der Waals surface area contributed by atoms with Gasteiger partial charge in [-0.15, -0.1) is 0 Å². The van der Waals surface area contributed by atoms with E-state index in [-0.39, 0.29) is 0 Å². The summed E-state index contributed by atoms with van der Waals surface area (Å²) < 4.78 is 27.0. The maximum atomic E-state index is 6.75. The third kappa shape index (κ3) is 9.61. The molecule has 25 heavy (non-hydrogen) atoms. The Labute approximate surface area is 165 Å². The van der Waals surface area contributed by atoms with Crippen molar-refractivity contribution in [2.75, 3.05) is 0 Å². The molecule has 0 aliphatic carbocycles. The van der Waals surface area contributed by atoms with Gasteiger partial charge in [-0.2, -0.15) is 0 Å². The fourth-order valence-electron chi connectivity index (χ4n) is 2.80. The first-order chi connectivity index (χ1) is 12.0. The van der Waals surface area contributed by atoms with Crippen molar-refractivity contribution in [1.82, 2.24) is 0 Å². The molecule has 0 rings (SSSR count). The molecule has 0 aromatic rings. The van der Waals surface area contributed by atoms with Crippen LogP contribution in [0.1, 0.15) is 55.4 Å². The Morgan fingerprint density at radius 1 is 0.400 bits per heavy atom. The van der Waals surface area contributed by atoms with Crippen molar-refractivity contribution < 1.29 is 16.5 Å². The molecule has 0 amide bonds. The topological polar surface area (TPSA) is 36.9 Å². The van der Waals surface area contributed by atoms with E-state index in [9.17, 15) is 0 Å². The predicted octanol–water partition coefficient (Wildman–Crippen LogP) is 4.54. The lowest BCUT2D eigenvalue weighted by Crippen LogP contribution is -2.59. The summed E-state index contributed by atoms with van der Waals surface area (Å²) in [5, 5.41) is 0. The van der Waals surface area contributed by atoms with E-state index in [1.165, 1.54) is 0 Å². The van der Waals surface area contributed by atoms with Crippen molar-refractivity contribution in [3.8, 4) is 0 Å². The maximum absolute atomic E-state index is 6.75. The van der Waals surface area contributed by atoms with Gasteiger partial charge in [0.05, 0.1) is 0 Å². The molecule has 9 heteroatoms. The second-order valence-electron chi connectivity index (χ2n) is 6.73. The Bertz CT molecular complexity index is 247. The van der Waals surface area contributed by atoms with Gasteiger partial charge in [0.15, 0.2) is 36.2 Å². The smallest absolute Gasteiger partial charge is 0.398 e. The highest BCUT2D eigenvalue weighted by Crippen LogP contribution is 2.24. The fraction of sp³-hybridized carbons (Fsp3) is 1.00. The highest BCUT2D eigenvalue weighted by Gasteiger charge is 2.50. The van der Waals surface area contributed by atoms with Crippen molar-refractivity contribution in [1.29, 1.82) is 0 Å². The van der Waals surface area contributed by atoms with Crippen molar-refractivity contribution in [2.24, 2.45) is 0 Å². The van der Waals surface area contributed by atoms with Gasteiger partial charge in [-0.3, -0.25) is 0 Å². The van der Waals surface area contributed by atoms with Crippen LogP contribution in [-0.2, 0) is 16.5 Å². The lowest BCUT2D eigenvalue weighted by atomic mass is 11.0. The molecule has 0 unspecified atom stereocenters. The Kier molecular flexibility index (Phi) is 15.5. The minimum Gasteiger partial charge on any atom is -0.398 e. The van der Waals surface area contributed by atoms with Crippen LogP contribution < -0.4 is 0 Å². The lowest BCUT2D eigenvalue weighted by molar-refractivity contribution is 0.158. The summed E-state index contributed by atoms with van der Waals surface area (Å²) in [4.78, 5) is 0. The van der Waals surface area contributed by atoms with Crippen LogP contribution in [0.2, 0.25) is 48.4 Å². The monoisotopic (exact) mass is 440 g/mol. The molecule has 0 heterocycles. The van der Waals surface area contributed by atoms with E-state index in [0.29, 0.717) is 0 Å². The van der Waals surface area contributed by atoms with Crippen LogP contribution >= 0.6 is 0 Å². The normalized spacial score (nSPS) is 13.0. The molecule has 0 saturated carbocycles. The van der Waals surface area contributed by atoms with Gasteiger partial charge in [0, 0.05) is 0 Å². The Morgan fingerprint density at radius 2 is 0.560 bits per heavy atom. The second kappa shape index (κ2) is 14.9. The van der Waals surface area contributed by atoms with Crippen molar-refractivity contribution >= 4 is 45.2 Å². The van der Waals surface area contributed by atoms with Crippen LogP contribution in [0.4, 0.5) is 0 Å². The molecular formula is C16H44O4Si5. The van der Waals surface area contributed by atoms with Gasteiger partial charge >= 0.3 is 9.05 Å². The minimum atomic E-state index is -2.97. The second-order valence-corrected chi connectivity index (χ2v) is 23.0. The molecule has 0 atom stereocenters. The van der Waals surface area contributed by atoms with E-state index < -0.39 is 45.2 Å². The zero-order valence-electron chi connectivity index (χ0n) is 18.1. The Hall–Kier alpha value is 0.924. The largest absolute Gasteiger partial charge is 0.636 e. The zero-order chi connectivity index (χ0) is 19.3. The van der Waals surface area contributed by atoms with Gasteiger partial charge in [-0.25, -0.2) is 0 Å². The van der Waals surface area contributed by atoms with Crippen LogP contribution in [0, 0.1) is 0 Å². The van der Waals surface area contributed by atoms with E-state index in [0.717, 1.165) is 48.4 Å². The number of rotatable bonds is 16. The van der Waals surface area contributed by atoms with Crippen LogP contribution in [0.3, 0.4) is 0 Å². The number of hydrogen-bond acceptors (Lipinski definition) is 4. The van der Waals surface area contributed by atoms with Crippen molar-refractivity contribution in [3.05, 3.63) is 0 Å². The van der Waals surface area contributed by atoms with Crippen LogP contribution in [0.15, 0.2) is 0 Å². The average Bonchev–Trinajstić information content (AvgIpc) is 2.66. The van der Waals surface area contributed by atoms with Crippen molar-refractivity contribution in [3.63, 3.8) is 0 Å². The molecule has 0 fully saturated rings. The molecule has 0 bridgehead atoms. The van der Waals surface area contributed by atoms with Crippen molar-refractivity contribution in [2.45, 2.75) is 104 Å². The standard InChI is InChI=1S/C16H44O4Si5/c1-9-21(10-2)17-25(18-22(11-3)12-4,19-23(13-5)14-6)20-24(15-7)16-8/h21-24H,9-16H2,1-8H3. The molecule has 0 saturated heterocycles. The molecule has 4 nitrogen and oxygen atoms in total. The third-order valence-electron chi connectivity index (χ3n) is 4.89. The quantitative estimate of drug-likeness (QED) is 0.330. The lowest BCUT2D eigenvalue weighted by Gasteiger charge is -2.38. The van der Waals surface area contributed by atoms with Crippen LogP contribution in [0.25, 0.3) is 0 Å². The average molecular weight is 441 g/mol. The van der Waals surface area contributed by atoms with E-state index in [1.807, 2.05) is 0 Å². The summed E-state index contributed by atoms with van der Waals surface area (Å²) in [5.41, 5.74) is 0. The first kappa shape index (κ1) is 25.9. The summed E-state index contributed by atoms with van der Waals surface area (Å²) in [7, 11) is -8.20. The van der Waals surface area contributed by atoms with Gasteiger partial charge in [0.1, 0.15) is 0 Å². The van der Waals surface area contributed by atoms with E-state index in [1.54, 1.807) is 0 Å². The highest BCUT2D eigenvalue weighted by molar-refractivity contribution is 6.81. The summed E-state index contributed by atoms with van der Waals surface area (Å²) in [6.45, 7) is 18.0. The minimum absolute atomic E-state index is 1.13. The Morgan fingerprint density at radius 3 is 0.680 bits per heavy atom. The van der Waals surface area contributed by atoms with Crippen LogP contribution in [0.5, 0.6) is 0 Å². The van der Waals surface area contributed by atoms with Gasteiger partial charge in [0.25, 0.3) is 0 Å². The first-order valence-electron chi connectivity index (χ1n) is 10.7. The first-order valence-corrected chi connectivity index (χ1v) is 20.7. The molecule has 0 aromatic carbocycles.